The number of methoxy groups -OCH3 is 1. The number of amides is 1. The SMILES string of the molecule is COc1cc(/C=C2/SC(=S)N(c3ccccc3)C2=O)c(Br)cc1OCc1ccccc1. The number of hydrogen-bond donors (Lipinski definition) is 0. The van der Waals surface area contributed by atoms with Crippen LogP contribution < -0.4 is 14.4 Å². The van der Waals surface area contributed by atoms with Gasteiger partial charge in [-0.05, 0) is 41.5 Å². The molecule has 0 unspecified atom stereocenters. The molecule has 0 aromatic heterocycles. The smallest absolute Gasteiger partial charge is 0.270 e. The van der Waals surface area contributed by atoms with Crippen LogP contribution in [0.1, 0.15) is 11.1 Å². The molecule has 0 radical (unpaired) electrons. The third kappa shape index (κ3) is 4.84. The molecule has 0 spiro atoms. The molecule has 1 saturated heterocycles. The van der Waals surface area contributed by atoms with Gasteiger partial charge in [-0.25, -0.2) is 0 Å². The lowest BCUT2D eigenvalue weighted by Crippen LogP contribution is -2.27. The second kappa shape index (κ2) is 9.68. The number of nitrogens with zero attached hydrogens (tertiary/aromatic N) is 1. The summed E-state index contributed by atoms with van der Waals surface area (Å²) in [5.74, 6) is 1.06. The van der Waals surface area contributed by atoms with Crippen LogP contribution in [-0.2, 0) is 11.4 Å². The molecule has 1 heterocycles. The molecular weight excluding hydrogens is 494 g/mol. The van der Waals surface area contributed by atoms with Crippen molar-refractivity contribution in [2.75, 3.05) is 12.0 Å². The Bertz CT molecular complexity index is 1150. The Labute approximate surface area is 199 Å². The maximum Gasteiger partial charge on any atom is 0.270 e. The van der Waals surface area contributed by atoms with E-state index in [1.807, 2.05) is 78.9 Å². The molecule has 1 fully saturated rings. The topological polar surface area (TPSA) is 38.8 Å². The fourth-order valence-electron chi connectivity index (χ4n) is 3.08. The molecule has 1 amide bonds. The molecule has 0 atom stereocenters. The summed E-state index contributed by atoms with van der Waals surface area (Å²) >= 11 is 10.3. The molecule has 7 heteroatoms. The Hall–Kier alpha value is -2.61. The van der Waals surface area contributed by atoms with Gasteiger partial charge in [-0.15, -0.1) is 0 Å². The van der Waals surface area contributed by atoms with Gasteiger partial charge in [0.25, 0.3) is 5.91 Å². The fraction of sp³-hybridized carbons (Fsp3) is 0.0833. The van der Waals surface area contributed by atoms with Crippen molar-refractivity contribution in [3.63, 3.8) is 0 Å². The average Bonchev–Trinajstić information content (AvgIpc) is 3.07. The molecular formula is C24H18BrNO3S2. The van der Waals surface area contributed by atoms with Gasteiger partial charge in [0.1, 0.15) is 6.61 Å². The lowest BCUT2D eigenvalue weighted by atomic mass is 10.1. The van der Waals surface area contributed by atoms with Crippen molar-refractivity contribution >= 4 is 61.9 Å². The predicted octanol–water partition coefficient (Wildman–Crippen LogP) is 6.44. The lowest BCUT2D eigenvalue weighted by molar-refractivity contribution is -0.113. The number of halogens is 1. The third-order valence-corrected chi connectivity index (χ3v) is 6.60. The Morgan fingerprint density at radius 1 is 1.03 bits per heavy atom. The number of carbonyl (C=O) groups excluding carboxylic acids is 1. The molecule has 31 heavy (non-hydrogen) atoms. The van der Waals surface area contributed by atoms with E-state index in [9.17, 15) is 4.79 Å². The number of para-hydroxylation sites is 1. The highest BCUT2D eigenvalue weighted by molar-refractivity contribution is 9.10. The van der Waals surface area contributed by atoms with Crippen molar-refractivity contribution in [2.45, 2.75) is 6.61 Å². The highest BCUT2D eigenvalue weighted by Crippen LogP contribution is 2.39. The van der Waals surface area contributed by atoms with Crippen LogP contribution in [0.5, 0.6) is 11.5 Å². The zero-order valence-corrected chi connectivity index (χ0v) is 19.8. The Kier molecular flexibility index (Phi) is 6.75. The molecule has 1 aliphatic rings. The minimum Gasteiger partial charge on any atom is -0.493 e. The quantitative estimate of drug-likeness (QED) is 0.281. The largest absolute Gasteiger partial charge is 0.493 e. The Balaban J connectivity index is 1.59. The number of benzene rings is 3. The number of thioether (sulfide) groups is 1. The van der Waals surface area contributed by atoms with Crippen LogP contribution in [-0.4, -0.2) is 17.3 Å². The third-order valence-electron chi connectivity index (χ3n) is 4.61. The maximum absolute atomic E-state index is 13.0. The number of carbonyl (C=O) groups is 1. The van der Waals surface area contributed by atoms with E-state index in [0.29, 0.717) is 27.3 Å². The van der Waals surface area contributed by atoms with Gasteiger partial charge in [0.2, 0.25) is 0 Å². The van der Waals surface area contributed by atoms with Gasteiger partial charge in [-0.3, -0.25) is 9.69 Å². The molecule has 4 rings (SSSR count). The second-order valence-corrected chi connectivity index (χ2v) is 9.18. The monoisotopic (exact) mass is 511 g/mol. The zero-order valence-electron chi connectivity index (χ0n) is 16.6. The first-order chi connectivity index (χ1) is 15.1. The van der Waals surface area contributed by atoms with Crippen LogP contribution in [0.3, 0.4) is 0 Å². The summed E-state index contributed by atoms with van der Waals surface area (Å²) in [7, 11) is 1.59. The first-order valence-corrected chi connectivity index (χ1v) is 11.5. The van der Waals surface area contributed by atoms with Gasteiger partial charge in [-0.1, -0.05) is 88.4 Å². The maximum atomic E-state index is 13.0. The van der Waals surface area contributed by atoms with E-state index in [0.717, 1.165) is 21.3 Å². The van der Waals surface area contributed by atoms with E-state index in [1.165, 1.54) is 11.8 Å². The molecule has 0 bridgehead atoms. The molecule has 3 aromatic carbocycles. The number of thiocarbonyl (C=S) groups is 1. The number of ether oxygens (including phenoxy) is 2. The van der Waals surface area contributed by atoms with Crippen LogP contribution in [0.4, 0.5) is 5.69 Å². The Morgan fingerprint density at radius 2 is 1.71 bits per heavy atom. The summed E-state index contributed by atoms with van der Waals surface area (Å²) in [4.78, 5) is 15.1. The lowest BCUT2D eigenvalue weighted by Gasteiger charge is -2.14. The van der Waals surface area contributed by atoms with E-state index < -0.39 is 0 Å². The minimum absolute atomic E-state index is 0.142. The van der Waals surface area contributed by atoms with Gasteiger partial charge < -0.3 is 9.47 Å². The second-order valence-electron chi connectivity index (χ2n) is 6.65. The summed E-state index contributed by atoms with van der Waals surface area (Å²) in [6.07, 6.45) is 1.82. The van der Waals surface area contributed by atoms with Gasteiger partial charge >= 0.3 is 0 Å². The van der Waals surface area contributed by atoms with Crippen molar-refractivity contribution in [1.29, 1.82) is 0 Å². The van der Waals surface area contributed by atoms with Crippen LogP contribution in [0.25, 0.3) is 6.08 Å². The molecule has 0 saturated carbocycles. The number of rotatable bonds is 6. The number of anilines is 1. The van der Waals surface area contributed by atoms with E-state index in [4.69, 9.17) is 21.7 Å². The van der Waals surface area contributed by atoms with Crippen LogP contribution in [0, 0.1) is 0 Å². The van der Waals surface area contributed by atoms with Crippen molar-refractivity contribution < 1.29 is 14.3 Å². The minimum atomic E-state index is -0.142. The van der Waals surface area contributed by atoms with Gasteiger partial charge in [0.05, 0.1) is 17.7 Å². The summed E-state index contributed by atoms with van der Waals surface area (Å²) in [5, 5.41) is 0. The van der Waals surface area contributed by atoms with Crippen molar-refractivity contribution in [3.8, 4) is 11.5 Å². The summed E-state index contributed by atoms with van der Waals surface area (Å²) in [5.41, 5.74) is 2.63. The molecule has 156 valence electrons. The van der Waals surface area contributed by atoms with Crippen LogP contribution in [0.15, 0.2) is 82.2 Å². The van der Waals surface area contributed by atoms with E-state index >= 15 is 0 Å². The normalized spacial score (nSPS) is 14.9. The summed E-state index contributed by atoms with van der Waals surface area (Å²) in [6, 6.07) is 23.0. The van der Waals surface area contributed by atoms with Crippen LogP contribution >= 0.6 is 39.9 Å². The summed E-state index contributed by atoms with van der Waals surface area (Å²) < 4.78 is 12.8. The molecule has 4 nitrogen and oxygen atoms in total. The average molecular weight is 512 g/mol. The molecule has 1 aliphatic heterocycles. The summed E-state index contributed by atoms with van der Waals surface area (Å²) in [6.45, 7) is 0.429. The highest BCUT2D eigenvalue weighted by Gasteiger charge is 2.33. The standard InChI is InChI=1S/C24H18BrNO3S2/c1-28-20-12-17(19(25)14-21(20)29-15-16-8-4-2-5-9-16)13-22-23(27)26(24(30)31-22)18-10-6-3-7-11-18/h2-14H,15H2,1H3/b22-13+. The fourth-order valence-corrected chi connectivity index (χ4v) is 4.80. The molecule has 0 aliphatic carbocycles. The van der Waals surface area contributed by atoms with E-state index in [2.05, 4.69) is 15.9 Å². The molecule has 3 aromatic rings. The Morgan fingerprint density at radius 3 is 2.39 bits per heavy atom. The first-order valence-electron chi connectivity index (χ1n) is 9.44. The van der Waals surface area contributed by atoms with Crippen molar-refractivity contribution in [1.82, 2.24) is 0 Å². The van der Waals surface area contributed by atoms with E-state index in [-0.39, 0.29) is 5.91 Å². The van der Waals surface area contributed by atoms with E-state index in [1.54, 1.807) is 12.0 Å². The zero-order chi connectivity index (χ0) is 21.8. The van der Waals surface area contributed by atoms with Gasteiger partial charge in [-0.2, -0.15) is 0 Å². The van der Waals surface area contributed by atoms with Crippen molar-refractivity contribution in [3.05, 3.63) is 93.3 Å². The first kappa shape index (κ1) is 21.6. The van der Waals surface area contributed by atoms with Crippen LogP contribution in [0.2, 0.25) is 0 Å². The number of hydrogen-bond acceptors (Lipinski definition) is 5. The van der Waals surface area contributed by atoms with Gasteiger partial charge in [0, 0.05) is 4.47 Å². The molecule has 0 N–H and O–H groups in total. The predicted molar refractivity (Wildman–Crippen MR) is 134 cm³/mol. The van der Waals surface area contributed by atoms with Gasteiger partial charge in [0.15, 0.2) is 15.8 Å². The highest BCUT2D eigenvalue weighted by atomic mass is 79.9. The van der Waals surface area contributed by atoms with Crippen molar-refractivity contribution in [2.24, 2.45) is 0 Å².